The summed E-state index contributed by atoms with van der Waals surface area (Å²) in [5, 5.41) is 0. The predicted octanol–water partition coefficient (Wildman–Crippen LogP) is 0.463. The molecular weight excluding hydrogens is 252 g/mol. The van der Waals surface area contributed by atoms with Crippen molar-refractivity contribution in [2.75, 3.05) is 12.9 Å². The van der Waals surface area contributed by atoms with Crippen LogP contribution in [-0.2, 0) is 15.3 Å². The van der Waals surface area contributed by atoms with Crippen LogP contribution in [0.25, 0.3) is 5.78 Å². The van der Waals surface area contributed by atoms with Gasteiger partial charge in [0.05, 0.1) is 12.8 Å². The summed E-state index contributed by atoms with van der Waals surface area (Å²) < 4.78 is 6.41. The molecule has 96 valence electrons. The average molecular weight is 266 g/mol. The highest BCUT2D eigenvalue weighted by molar-refractivity contribution is 7.98. The summed E-state index contributed by atoms with van der Waals surface area (Å²) in [4.78, 5) is 19.6. The molecule has 0 aliphatic rings. The number of ether oxygens (including phenoxy) is 1. The van der Waals surface area contributed by atoms with Crippen LogP contribution in [0.1, 0.15) is 5.69 Å². The lowest BCUT2D eigenvalue weighted by Crippen LogP contribution is -2.33. The Hall–Kier alpha value is -1.60. The van der Waals surface area contributed by atoms with Crippen molar-refractivity contribution < 1.29 is 9.53 Å². The van der Waals surface area contributed by atoms with E-state index in [9.17, 15) is 4.79 Å². The second-order valence-corrected chi connectivity index (χ2v) is 4.73. The first kappa shape index (κ1) is 12.8. The second-order valence-electron chi connectivity index (χ2n) is 3.70. The molecule has 0 radical (unpaired) electrons. The summed E-state index contributed by atoms with van der Waals surface area (Å²) in [6.45, 7) is 0. The maximum atomic E-state index is 11.1. The number of hydrogen-bond acceptors (Lipinski definition) is 6. The van der Waals surface area contributed by atoms with E-state index in [1.54, 1.807) is 18.0 Å². The maximum absolute atomic E-state index is 11.1. The first-order chi connectivity index (χ1) is 8.70. The van der Waals surface area contributed by atoms with Crippen LogP contribution in [0.5, 0.6) is 0 Å². The summed E-state index contributed by atoms with van der Waals surface area (Å²) >= 11 is 1.54. The van der Waals surface area contributed by atoms with E-state index in [0.29, 0.717) is 17.3 Å². The summed E-state index contributed by atoms with van der Waals surface area (Å²) in [5.74, 6) is 1.48. The minimum atomic E-state index is -0.588. The highest BCUT2D eigenvalue weighted by Crippen LogP contribution is 2.12. The van der Waals surface area contributed by atoms with E-state index in [0.717, 1.165) is 5.69 Å². The van der Waals surface area contributed by atoms with Gasteiger partial charge in [-0.25, -0.2) is 9.97 Å². The van der Waals surface area contributed by atoms with Crippen molar-refractivity contribution in [3.63, 3.8) is 0 Å². The molecule has 0 aliphatic carbocycles. The van der Waals surface area contributed by atoms with Crippen molar-refractivity contribution in [3.05, 3.63) is 30.4 Å². The number of fused-ring (bicyclic) bond motifs is 1. The lowest BCUT2D eigenvalue weighted by molar-refractivity contribution is -0.141. The van der Waals surface area contributed by atoms with Gasteiger partial charge in [0.15, 0.2) is 0 Å². The standard InChI is InChI=1S/C11H14N4O2S/c1-17-10(16)9(12)7-18-6-8-5-15-4-2-3-13-11(15)14-8/h2-5,9H,6-7,12H2,1H3. The van der Waals surface area contributed by atoms with Crippen molar-refractivity contribution in [1.29, 1.82) is 0 Å². The van der Waals surface area contributed by atoms with Gasteiger partial charge in [-0.15, -0.1) is 0 Å². The number of carbonyl (C=O) groups is 1. The zero-order chi connectivity index (χ0) is 13.0. The van der Waals surface area contributed by atoms with Crippen molar-refractivity contribution in [1.82, 2.24) is 14.4 Å². The molecule has 2 heterocycles. The molecule has 18 heavy (non-hydrogen) atoms. The van der Waals surface area contributed by atoms with Gasteiger partial charge in [0.1, 0.15) is 6.04 Å². The molecule has 2 aromatic heterocycles. The average Bonchev–Trinajstić information content (AvgIpc) is 2.80. The monoisotopic (exact) mass is 266 g/mol. The van der Waals surface area contributed by atoms with Crippen LogP contribution in [0.2, 0.25) is 0 Å². The van der Waals surface area contributed by atoms with Crippen molar-refractivity contribution in [3.8, 4) is 0 Å². The van der Waals surface area contributed by atoms with Crippen molar-refractivity contribution in [2.45, 2.75) is 11.8 Å². The van der Waals surface area contributed by atoms with E-state index in [1.807, 2.05) is 22.9 Å². The third kappa shape index (κ3) is 2.99. The van der Waals surface area contributed by atoms with Gasteiger partial charge in [0.25, 0.3) is 0 Å². The normalized spacial score (nSPS) is 12.6. The van der Waals surface area contributed by atoms with Crippen LogP contribution in [0, 0.1) is 0 Å². The number of nitrogens with zero attached hydrogens (tertiary/aromatic N) is 3. The second kappa shape index (κ2) is 5.83. The zero-order valence-electron chi connectivity index (χ0n) is 9.94. The largest absolute Gasteiger partial charge is 0.468 e. The van der Waals surface area contributed by atoms with Crippen LogP contribution in [0.3, 0.4) is 0 Å². The molecule has 1 unspecified atom stereocenters. The third-order valence-electron chi connectivity index (χ3n) is 2.34. The molecular formula is C11H14N4O2S. The topological polar surface area (TPSA) is 82.5 Å². The number of carbonyl (C=O) groups excluding carboxylic acids is 1. The van der Waals surface area contributed by atoms with Gasteiger partial charge in [0.2, 0.25) is 5.78 Å². The van der Waals surface area contributed by atoms with Crippen LogP contribution in [0.4, 0.5) is 0 Å². The van der Waals surface area contributed by atoms with Gasteiger partial charge in [-0.3, -0.25) is 9.20 Å². The fourth-order valence-electron chi connectivity index (χ4n) is 1.46. The van der Waals surface area contributed by atoms with E-state index in [-0.39, 0.29) is 5.97 Å². The Morgan fingerprint density at radius 3 is 3.22 bits per heavy atom. The molecule has 0 saturated heterocycles. The Morgan fingerprint density at radius 2 is 2.50 bits per heavy atom. The van der Waals surface area contributed by atoms with Gasteiger partial charge in [-0.1, -0.05) is 0 Å². The van der Waals surface area contributed by atoms with Crippen LogP contribution >= 0.6 is 11.8 Å². The quantitative estimate of drug-likeness (QED) is 0.792. The van der Waals surface area contributed by atoms with Gasteiger partial charge in [-0.05, 0) is 6.07 Å². The SMILES string of the molecule is COC(=O)C(N)CSCc1cn2cccnc2n1. The van der Waals surface area contributed by atoms with Gasteiger partial charge in [0, 0.05) is 30.1 Å². The predicted molar refractivity (Wildman–Crippen MR) is 69.1 cm³/mol. The molecule has 1 atom stereocenters. The third-order valence-corrected chi connectivity index (χ3v) is 3.43. The summed E-state index contributed by atoms with van der Waals surface area (Å²) in [6, 6.07) is 1.26. The van der Waals surface area contributed by atoms with Gasteiger partial charge < -0.3 is 10.5 Å². The van der Waals surface area contributed by atoms with Crippen molar-refractivity contribution >= 4 is 23.5 Å². The molecule has 7 heteroatoms. The first-order valence-corrected chi connectivity index (χ1v) is 6.56. The van der Waals surface area contributed by atoms with E-state index >= 15 is 0 Å². The minimum Gasteiger partial charge on any atom is -0.468 e. The molecule has 0 bridgehead atoms. The van der Waals surface area contributed by atoms with Gasteiger partial charge in [-0.2, -0.15) is 11.8 Å². The van der Waals surface area contributed by atoms with Crippen molar-refractivity contribution in [2.24, 2.45) is 5.73 Å². The molecule has 0 aliphatic heterocycles. The summed E-state index contributed by atoms with van der Waals surface area (Å²) in [7, 11) is 1.33. The number of rotatable bonds is 5. The number of methoxy groups -OCH3 is 1. The van der Waals surface area contributed by atoms with E-state index in [1.165, 1.54) is 7.11 Å². The number of thioether (sulfide) groups is 1. The zero-order valence-corrected chi connectivity index (χ0v) is 10.8. The number of esters is 1. The van der Waals surface area contributed by atoms with Crippen LogP contribution < -0.4 is 5.73 Å². The van der Waals surface area contributed by atoms with E-state index in [4.69, 9.17) is 5.73 Å². The molecule has 2 N–H and O–H groups in total. The Labute approximate surface area is 109 Å². The van der Waals surface area contributed by atoms with Crippen LogP contribution in [-0.4, -0.2) is 39.2 Å². The fourth-order valence-corrected chi connectivity index (χ4v) is 2.31. The Balaban J connectivity index is 1.88. The first-order valence-electron chi connectivity index (χ1n) is 5.40. The molecule has 0 spiro atoms. The highest BCUT2D eigenvalue weighted by Gasteiger charge is 2.13. The lowest BCUT2D eigenvalue weighted by Gasteiger charge is -2.07. The molecule has 0 fully saturated rings. The molecule has 0 saturated carbocycles. The molecule has 6 nitrogen and oxygen atoms in total. The number of imidazole rings is 1. The lowest BCUT2D eigenvalue weighted by atomic mass is 10.4. The number of aromatic nitrogens is 3. The molecule has 0 amide bonds. The smallest absolute Gasteiger partial charge is 0.323 e. The Bertz CT molecular complexity index is 510. The van der Waals surface area contributed by atoms with Crippen LogP contribution in [0.15, 0.2) is 24.7 Å². The highest BCUT2D eigenvalue weighted by atomic mass is 32.2. The summed E-state index contributed by atoms with van der Waals surface area (Å²) in [5.41, 5.74) is 6.55. The van der Waals surface area contributed by atoms with Gasteiger partial charge >= 0.3 is 5.97 Å². The fraction of sp³-hybridized carbons (Fsp3) is 0.364. The molecule has 2 aromatic rings. The summed E-state index contributed by atoms with van der Waals surface area (Å²) in [6.07, 6.45) is 5.51. The number of nitrogens with two attached hydrogens (primary N) is 1. The number of hydrogen-bond donors (Lipinski definition) is 1. The molecule has 0 aromatic carbocycles. The maximum Gasteiger partial charge on any atom is 0.323 e. The molecule has 2 rings (SSSR count). The Kier molecular flexibility index (Phi) is 4.16. The Morgan fingerprint density at radius 1 is 1.67 bits per heavy atom. The van der Waals surface area contributed by atoms with E-state index < -0.39 is 6.04 Å². The minimum absolute atomic E-state index is 0.390. The van der Waals surface area contributed by atoms with E-state index in [2.05, 4.69) is 14.7 Å².